The highest BCUT2D eigenvalue weighted by Crippen LogP contribution is 2.24. The third kappa shape index (κ3) is 5.15. The topological polar surface area (TPSA) is 47.3 Å². The monoisotopic (exact) mass is 414 g/mol. The molecule has 0 radical (unpaired) electrons. The van der Waals surface area contributed by atoms with Crippen LogP contribution in [0.4, 0.5) is 0 Å². The third-order valence-corrected chi connectivity index (χ3v) is 5.49. The zero-order chi connectivity index (χ0) is 21.8. The Hall–Kier alpha value is -3.11. The molecule has 1 heterocycles. The van der Waals surface area contributed by atoms with Crippen LogP contribution in [-0.4, -0.2) is 27.4 Å². The van der Waals surface area contributed by atoms with Gasteiger partial charge in [0.05, 0.1) is 17.6 Å². The van der Waals surface area contributed by atoms with E-state index in [0.717, 1.165) is 29.0 Å². The van der Waals surface area contributed by atoms with Crippen LogP contribution in [0.2, 0.25) is 0 Å². The normalized spacial score (nSPS) is 12.8. The number of para-hydroxylation sites is 2. The quantitative estimate of drug-likeness (QED) is 0.443. The van der Waals surface area contributed by atoms with Gasteiger partial charge in [-0.15, -0.1) is 0 Å². The number of benzene rings is 3. The molecule has 4 nitrogen and oxygen atoms in total. The molecule has 31 heavy (non-hydrogen) atoms. The highest BCUT2D eigenvalue weighted by molar-refractivity contribution is 5.76. The fourth-order valence-corrected chi connectivity index (χ4v) is 3.75. The molecule has 0 aliphatic carbocycles. The van der Waals surface area contributed by atoms with Gasteiger partial charge >= 0.3 is 0 Å². The number of fused-ring (bicyclic) bond motifs is 1. The lowest BCUT2D eigenvalue weighted by molar-refractivity contribution is 0.0928. The van der Waals surface area contributed by atoms with Crippen LogP contribution in [0, 0.1) is 0 Å². The first-order valence-corrected chi connectivity index (χ1v) is 10.8. The van der Waals surface area contributed by atoms with Crippen molar-refractivity contribution in [1.82, 2.24) is 9.55 Å². The Labute approximate surface area is 184 Å². The van der Waals surface area contributed by atoms with Crippen molar-refractivity contribution in [2.45, 2.75) is 45.3 Å². The summed E-state index contributed by atoms with van der Waals surface area (Å²) in [6.45, 7) is 7.23. The van der Waals surface area contributed by atoms with E-state index in [9.17, 15) is 5.11 Å². The Balaban J connectivity index is 1.47. The zero-order valence-corrected chi connectivity index (χ0v) is 18.5. The number of aliphatic hydroxyl groups is 1. The fourth-order valence-electron chi connectivity index (χ4n) is 3.75. The van der Waals surface area contributed by atoms with E-state index in [4.69, 9.17) is 9.72 Å². The minimum absolute atomic E-state index is 0.107. The molecule has 0 unspecified atom stereocenters. The maximum atomic E-state index is 10.7. The minimum atomic E-state index is -0.644. The minimum Gasteiger partial charge on any atom is -0.491 e. The smallest absolute Gasteiger partial charge is 0.119 e. The van der Waals surface area contributed by atoms with Gasteiger partial charge in [-0.1, -0.05) is 75.4 Å². The molecule has 4 heteroatoms. The molecule has 3 aromatic carbocycles. The molecular weight excluding hydrogens is 384 g/mol. The average Bonchev–Trinajstić information content (AvgIpc) is 3.09. The second-order valence-electron chi connectivity index (χ2n) is 9.03. The number of ether oxygens (including phenoxy) is 1. The maximum absolute atomic E-state index is 10.7. The summed E-state index contributed by atoms with van der Waals surface area (Å²) in [6.07, 6.45) is 0.0756. The lowest BCUT2D eigenvalue weighted by Crippen LogP contribution is -2.24. The van der Waals surface area contributed by atoms with Crippen LogP contribution in [0.3, 0.4) is 0 Å². The van der Waals surface area contributed by atoms with Crippen LogP contribution < -0.4 is 4.74 Å². The van der Waals surface area contributed by atoms with E-state index < -0.39 is 6.10 Å². The zero-order valence-electron chi connectivity index (χ0n) is 18.5. The first kappa shape index (κ1) is 21.1. The van der Waals surface area contributed by atoms with Crippen LogP contribution >= 0.6 is 0 Å². The maximum Gasteiger partial charge on any atom is 0.119 e. The third-order valence-electron chi connectivity index (χ3n) is 5.49. The molecule has 0 saturated heterocycles. The van der Waals surface area contributed by atoms with Crippen LogP contribution in [0.25, 0.3) is 11.0 Å². The van der Waals surface area contributed by atoms with E-state index in [2.05, 4.69) is 55.7 Å². The van der Waals surface area contributed by atoms with Gasteiger partial charge in [0.1, 0.15) is 24.3 Å². The molecule has 0 bridgehead atoms. The predicted octanol–water partition coefficient (Wildman–Crippen LogP) is 5.36. The Morgan fingerprint density at radius 2 is 1.58 bits per heavy atom. The SMILES string of the molecule is CC(C)(C)c1ccc(OC[C@H](O)Cn2c(Cc3ccccc3)nc3ccccc32)cc1. The van der Waals surface area contributed by atoms with Gasteiger partial charge in [0.15, 0.2) is 0 Å². The Bertz CT molecular complexity index is 1130. The Kier molecular flexibility index (Phi) is 6.10. The summed E-state index contributed by atoms with van der Waals surface area (Å²) in [7, 11) is 0. The molecule has 1 aromatic heterocycles. The number of hydrogen-bond acceptors (Lipinski definition) is 3. The van der Waals surface area contributed by atoms with Gasteiger partial charge in [-0.3, -0.25) is 0 Å². The molecular formula is C27H30N2O2. The molecule has 0 spiro atoms. The molecule has 1 atom stereocenters. The van der Waals surface area contributed by atoms with Gasteiger partial charge in [0.2, 0.25) is 0 Å². The summed E-state index contributed by atoms with van der Waals surface area (Å²) in [5.74, 6) is 1.72. The van der Waals surface area contributed by atoms with Crippen LogP contribution in [-0.2, 0) is 18.4 Å². The van der Waals surface area contributed by atoms with Crippen molar-refractivity contribution in [3.8, 4) is 5.75 Å². The van der Waals surface area contributed by atoms with E-state index in [-0.39, 0.29) is 12.0 Å². The van der Waals surface area contributed by atoms with Crippen molar-refractivity contribution in [3.05, 3.63) is 95.8 Å². The van der Waals surface area contributed by atoms with Gasteiger partial charge in [0, 0.05) is 6.42 Å². The van der Waals surface area contributed by atoms with Gasteiger partial charge in [-0.25, -0.2) is 4.98 Å². The number of aromatic nitrogens is 2. The summed E-state index contributed by atoms with van der Waals surface area (Å²) >= 11 is 0. The van der Waals surface area contributed by atoms with Crippen molar-refractivity contribution in [2.24, 2.45) is 0 Å². The van der Waals surface area contributed by atoms with Crippen LogP contribution in [0.15, 0.2) is 78.9 Å². The van der Waals surface area contributed by atoms with Gasteiger partial charge in [0.25, 0.3) is 0 Å². The van der Waals surface area contributed by atoms with E-state index >= 15 is 0 Å². The summed E-state index contributed by atoms with van der Waals surface area (Å²) < 4.78 is 7.98. The summed E-state index contributed by atoms with van der Waals surface area (Å²) in [5.41, 5.74) is 4.54. The van der Waals surface area contributed by atoms with Crippen molar-refractivity contribution in [3.63, 3.8) is 0 Å². The highest BCUT2D eigenvalue weighted by Gasteiger charge is 2.16. The molecule has 0 saturated carbocycles. The van der Waals surface area contributed by atoms with Crippen molar-refractivity contribution >= 4 is 11.0 Å². The largest absolute Gasteiger partial charge is 0.491 e. The standard InChI is InChI=1S/C27H30N2O2/c1-27(2,3)21-13-15-23(16-14-21)31-19-22(30)18-29-25-12-8-7-11-24(25)28-26(29)17-20-9-5-4-6-10-20/h4-16,22,30H,17-19H2,1-3H3/t22-/m1/s1. The second-order valence-corrected chi connectivity index (χ2v) is 9.03. The molecule has 0 fully saturated rings. The van der Waals surface area contributed by atoms with Crippen LogP contribution in [0.5, 0.6) is 5.75 Å². The van der Waals surface area contributed by atoms with Crippen molar-refractivity contribution in [2.75, 3.05) is 6.61 Å². The number of imidazole rings is 1. The Morgan fingerprint density at radius 1 is 0.903 bits per heavy atom. The average molecular weight is 415 g/mol. The van der Waals surface area contributed by atoms with E-state index in [1.807, 2.05) is 48.5 Å². The second kappa shape index (κ2) is 8.94. The summed E-state index contributed by atoms with van der Waals surface area (Å²) in [6, 6.07) is 26.5. The Morgan fingerprint density at radius 3 is 2.29 bits per heavy atom. The number of aliphatic hydroxyl groups excluding tert-OH is 1. The van der Waals surface area contributed by atoms with E-state index in [0.29, 0.717) is 6.54 Å². The molecule has 1 N–H and O–H groups in total. The fraction of sp³-hybridized carbons (Fsp3) is 0.296. The molecule has 0 aliphatic rings. The van der Waals surface area contributed by atoms with Crippen molar-refractivity contribution < 1.29 is 9.84 Å². The number of rotatable bonds is 7. The van der Waals surface area contributed by atoms with Crippen LogP contribution in [0.1, 0.15) is 37.7 Å². The van der Waals surface area contributed by atoms with Gasteiger partial charge in [-0.2, -0.15) is 0 Å². The van der Waals surface area contributed by atoms with E-state index in [1.54, 1.807) is 0 Å². The molecule has 4 rings (SSSR count). The first-order chi connectivity index (χ1) is 14.9. The summed E-state index contributed by atoms with van der Waals surface area (Å²) in [4.78, 5) is 4.82. The lowest BCUT2D eigenvalue weighted by Gasteiger charge is -2.20. The lowest BCUT2D eigenvalue weighted by atomic mass is 9.87. The van der Waals surface area contributed by atoms with Gasteiger partial charge in [-0.05, 0) is 40.8 Å². The molecule has 4 aromatic rings. The molecule has 0 amide bonds. The number of hydrogen-bond donors (Lipinski definition) is 1. The van der Waals surface area contributed by atoms with Crippen molar-refractivity contribution in [1.29, 1.82) is 0 Å². The molecule has 160 valence electrons. The highest BCUT2D eigenvalue weighted by atomic mass is 16.5. The first-order valence-electron chi connectivity index (χ1n) is 10.8. The number of nitrogens with zero attached hydrogens (tertiary/aromatic N) is 2. The van der Waals surface area contributed by atoms with E-state index in [1.165, 1.54) is 11.1 Å². The molecule has 0 aliphatic heterocycles. The predicted molar refractivity (Wildman–Crippen MR) is 126 cm³/mol. The summed E-state index contributed by atoms with van der Waals surface area (Å²) in [5, 5.41) is 10.7. The van der Waals surface area contributed by atoms with Gasteiger partial charge < -0.3 is 14.4 Å².